The van der Waals surface area contributed by atoms with Gasteiger partial charge in [0.1, 0.15) is 0 Å². The highest BCUT2D eigenvalue weighted by Gasteiger charge is 2.21. The lowest BCUT2D eigenvalue weighted by Gasteiger charge is -2.28. The summed E-state index contributed by atoms with van der Waals surface area (Å²) in [5.74, 6) is 0.655. The van der Waals surface area contributed by atoms with Gasteiger partial charge in [0.05, 0.1) is 10.7 Å². The maximum atomic E-state index is 5.78. The fourth-order valence-corrected chi connectivity index (χ4v) is 3.35. The van der Waals surface area contributed by atoms with Gasteiger partial charge in [0.25, 0.3) is 0 Å². The van der Waals surface area contributed by atoms with Crippen molar-refractivity contribution in [2.45, 2.75) is 44.6 Å². The van der Waals surface area contributed by atoms with Gasteiger partial charge in [-0.3, -0.25) is 0 Å². The summed E-state index contributed by atoms with van der Waals surface area (Å²) >= 11 is 1.83. The van der Waals surface area contributed by atoms with Crippen LogP contribution in [0.1, 0.15) is 42.8 Å². The van der Waals surface area contributed by atoms with Crippen LogP contribution in [0, 0.1) is 0 Å². The molecule has 96 valence electrons. The lowest BCUT2D eigenvalue weighted by atomic mass is 9.99. The minimum Gasteiger partial charge on any atom is -0.328 e. The van der Waals surface area contributed by atoms with Crippen molar-refractivity contribution >= 4 is 11.3 Å². The van der Waals surface area contributed by atoms with Gasteiger partial charge in [-0.05, 0) is 46.2 Å². The van der Waals surface area contributed by atoms with Crippen LogP contribution in [-0.4, -0.2) is 36.1 Å². The monoisotopic (exact) mass is 253 g/mol. The Morgan fingerprint density at radius 1 is 1.65 bits per heavy atom. The second kappa shape index (κ2) is 5.94. The van der Waals surface area contributed by atoms with Crippen LogP contribution in [0.5, 0.6) is 0 Å². The highest BCUT2D eigenvalue weighted by atomic mass is 32.1. The van der Waals surface area contributed by atoms with Gasteiger partial charge in [-0.15, -0.1) is 11.3 Å². The molecule has 1 aromatic rings. The number of hydrogen-bond acceptors (Lipinski definition) is 4. The van der Waals surface area contributed by atoms with E-state index in [4.69, 9.17) is 10.7 Å². The summed E-state index contributed by atoms with van der Waals surface area (Å²) in [7, 11) is 2.21. The molecule has 0 radical (unpaired) electrons. The number of nitrogens with two attached hydrogens (primary N) is 1. The van der Waals surface area contributed by atoms with Crippen LogP contribution in [0.15, 0.2) is 5.38 Å². The van der Waals surface area contributed by atoms with E-state index >= 15 is 0 Å². The van der Waals surface area contributed by atoms with Gasteiger partial charge in [-0.1, -0.05) is 0 Å². The third-order valence-electron chi connectivity index (χ3n) is 3.40. The van der Waals surface area contributed by atoms with E-state index in [9.17, 15) is 0 Å². The zero-order valence-corrected chi connectivity index (χ0v) is 11.7. The molecule has 1 aromatic heterocycles. The van der Waals surface area contributed by atoms with Crippen LogP contribution in [0.3, 0.4) is 0 Å². The number of rotatable bonds is 4. The van der Waals surface area contributed by atoms with Gasteiger partial charge in [0.15, 0.2) is 0 Å². The summed E-state index contributed by atoms with van der Waals surface area (Å²) in [5, 5.41) is 3.54. The molecule has 2 unspecified atom stereocenters. The van der Waals surface area contributed by atoms with Crippen molar-refractivity contribution < 1.29 is 0 Å². The second-order valence-electron chi connectivity index (χ2n) is 5.29. The van der Waals surface area contributed by atoms with Gasteiger partial charge in [-0.25, -0.2) is 4.98 Å². The molecule has 0 aromatic carbocycles. The summed E-state index contributed by atoms with van der Waals surface area (Å²) < 4.78 is 0. The minimum atomic E-state index is 0.279. The highest BCUT2D eigenvalue weighted by molar-refractivity contribution is 7.09. The van der Waals surface area contributed by atoms with Crippen LogP contribution in [0.4, 0.5) is 0 Å². The zero-order chi connectivity index (χ0) is 12.3. The lowest BCUT2D eigenvalue weighted by Crippen LogP contribution is -2.30. The number of aromatic nitrogens is 1. The van der Waals surface area contributed by atoms with Crippen LogP contribution >= 0.6 is 11.3 Å². The van der Waals surface area contributed by atoms with Crippen molar-refractivity contribution in [3.05, 3.63) is 16.1 Å². The summed E-state index contributed by atoms with van der Waals surface area (Å²) in [6.07, 6.45) is 4.66. The number of piperidine rings is 1. The van der Waals surface area contributed by atoms with E-state index in [0.29, 0.717) is 5.92 Å². The number of aryl methyl sites for hydroxylation is 1. The first kappa shape index (κ1) is 13.0. The first-order chi connectivity index (χ1) is 8.15. The second-order valence-corrected chi connectivity index (χ2v) is 6.18. The molecule has 1 fully saturated rings. The van der Waals surface area contributed by atoms with Gasteiger partial charge >= 0.3 is 0 Å². The molecule has 1 saturated heterocycles. The fraction of sp³-hybridized carbons (Fsp3) is 0.769. The Morgan fingerprint density at radius 2 is 2.47 bits per heavy atom. The molecule has 17 heavy (non-hydrogen) atoms. The van der Waals surface area contributed by atoms with Crippen LogP contribution < -0.4 is 5.73 Å². The number of thiazole rings is 1. The quantitative estimate of drug-likeness (QED) is 0.895. The molecular formula is C13H23N3S. The molecule has 4 heteroatoms. The summed E-state index contributed by atoms with van der Waals surface area (Å²) in [4.78, 5) is 7.19. The standard InChI is InChI=1S/C13H23N3S/c1-10(14)5-6-12-9-17-13(15-12)11-4-3-7-16(2)8-11/h9-11H,3-8,14H2,1-2H3. The van der Waals surface area contributed by atoms with E-state index in [1.54, 1.807) is 0 Å². The Balaban J connectivity index is 1.92. The van der Waals surface area contributed by atoms with E-state index in [1.165, 1.54) is 36.6 Å². The summed E-state index contributed by atoms with van der Waals surface area (Å²) in [6, 6.07) is 0.279. The van der Waals surface area contributed by atoms with Crippen molar-refractivity contribution in [1.82, 2.24) is 9.88 Å². The van der Waals surface area contributed by atoms with Crippen molar-refractivity contribution in [2.75, 3.05) is 20.1 Å². The van der Waals surface area contributed by atoms with Crippen molar-refractivity contribution in [3.63, 3.8) is 0 Å². The molecule has 0 bridgehead atoms. The average Bonchev–Trinajstić information content (AvgIpc) is 2.75. The Kier molecular flexibility index (Phi) is 4.54. The molecular weight excluding hydrogens is 230 g/mol. The van der Waals surface area contributed by atoms with Crippen LogP contribution in [0.25, 0.3) is 0 Å². The van der Waals surface area contributed by atoms with Crippen molar-refractivity contribution in [2.24, 2.45) is 5.73 Å². The molecule has 0 amide bonds. The van der Waals surface area contributed by atoms with Crippen LogP contribution in [-0.2, 0) is 6.42 Å². The Bertz CT molecular complexity index is 348. The predicted molar refractivity (Wildman–Crippen MR) is 73.6 cm³/mol. The molecule has 0 spiro atoms. The molecule has 0 saturated carbocycles. The van der Waals surface area contributed by atoms with Gasteiger partial charge in [0, 0.05) is 23.9 Å². The van der Waals surface area contributed by atoms with E-state index in [2.05, 4.69) is 24.3 Å². The molecule has 2 heterocycles. The van der Waals surface area contributed by atoms with Crippen molar-refractivity contribution in [1.29, 1.82) is 0 Å². The minimum absolute atomic E-state index is 0.279. The Hall–Kier alpha value is -0.450. The highest BCUT2D eigenvalue weighted by Crippen LogP contribution is 2.28. The Morgan fingerprint density at radius 3 is 3.18 bits per heavy atom. The number of hydrogen-bond donors (Lipinski definition) is 1. The normalized spacial score (nSPS) is 23.8. The maximum absolute atomic E-state index is 5.78. The molecule has 3 nitrogen and oxygen atoms in total. The van der Waals surface area contributed by atoms with Gasteiger partial charge < -0.3 is 10.6 Å². The molecule has 1 aliphatic rings. The number of likely N-dealkylation sites (tertiary alicyclic amines) is 1. The van der Waals surface area contributed by atoms with Gasteiger partial charge in [-0.2, -0.15) is 0 Å². The molecule has 2 atom stereocenters. The first-order valence-electron chi connectivity index (χ1n) is 6.53. The SMILES string of the molecule is CC(N)CCc1csc(C2CCCN(C)C2)n1. The fourth-order valence-electron chi connectivity index (χ4n) is 2.37. The van der Waals surface area contributed by atoms with E-state index in [0.717, 1.165) is 12.8 Å². The average molecular weight is 253 g/mol. The zero-order valence-electron chi connectivity index (χ0n) is 10.9. The third-order valence-corrected chi connectivity index (χ3v) is 4.46. The third kappa shape index (κ3) is 3.76. The largest absolute Gasteiger partial charge is 0.328 e. The topological polar surface area (TPSA) is 42.1 Å². The molecule has 1 aliphatic heterocycles. The molecule has 0 aliphatic carbocycles. The summed E-state index contributed by atoms with van der Waals surface area (Å²) in [6.45, 7) is 4.46. The number of likely N-dealkylation sites (N-methyl/N-ethyl adjacent to an activating group) is 1. The smallest absolute Gasteiger partial charge is 0.0972 e. The van der Waals surface area contributed by atoms with Crippen LogP contribution in [0.2, 0.25) is 0 Å². The molecule has 2 rings (SSSR count). The van der Waals surface area contributed by atoms with Crippen molar-refractivity contribution in [3.8, 4) is 0 Å². The predicted octanol–water partition coefficient (Wildman–Crippen LogP) is 2.23. The lowest BCUT2D eigenvalue weighted by molar-refractivity contribution is 0.250. The molecule has 2 N–H and O–H groups in total. The Labute approximate surface area is 108 Å². The maximum Gasteiger partial charge on any atom is 0.0972 e. The summed E-state index contributed by atoms with van der Waals surface area (Å²) in [5.41, 5.74) is 7.01. The first-order valence-corrected chi connectivity index (χ1v) is 7.41. The van der Waals surface area contributed by atoms with E-state index < -0.39 is 0 Å². The van der Waals surface area contributed by atoms with Gasteiger partial charge in [0.2, 0.25) is 0 Å². The van der Waals surface area contributed by atoms with E-state index in [1.807, 2.05) is 11.3 Å². The number of nitrogens with zero attached hydrogens (tertiary/aromatic N) is 2. The van der Waals surface area contributed by atoms with E-state index in [-0.39, 0.29) is 6.04 Å².